The first kappa shape index (κ1) is 28.1. The van der Waals surface area contributed by atoms with Crippen molar-refractivity contribution in [3.8, 4) is 0 Å². The van der Waals surface area contributed by atoms with Crippen LogP contribution < -0.4 is 0 Å². The van der Waals surface area contributed by atoms with Gasteiger partial charge in [0.2, 0.25) is 0 Å². The summed E-state index contributed by atoms with van der Waals surface area (Å²) in [6, 6.07) is 6.35. The highest BCUT2D eigenvalue weighted by atomic mass is 31.2. The Morgan fingerprint density at radius 2 is 1.46 bits per heavy atom. The van der Waals surface area contributed by atoms with E-state index in [4.69, 9.17) is 9.05 Å². The number of hydrogen-bond acceptors (Lipinski definition) is 5. The zero-order valence-corrected chi connectivity index (χ0v) is 23.2. The molecular formula is C28H44NO5P. The first-order valence-electron chi connectivity index (χ1n) is 13.4. The molecule has 0 aliphatic heterocycles. The van der Waals surface area contributed by atoms with Crippen molar-refractivity contribution in [2.24, 2.45) is 35.5 Å². The predicted molar refractivity (Wildman–Crippen MR) is 142 cm³/mol. The monoisotopic (exact) mass is 505 g/mol. The molecule has 0 aromatic heterocycles. The van der Waals surface area contributed by atoms with Crippen molar-refractivity contribution in [2.75, 3.05) is 0 Å². The zero-order valence-electron chi connectivity index (χ0n) is 22.3. The van der Waals surface area contributed by atoms with Gasteiger partial charge in [-0.1, -0.05) is 66.5 Å². The second-order valence-corrected chi connectivity index (χ2v) is 13.4. The van der Waals surface area contributed by atoms with Crippen LogP contribution in [0.4, 0.5) is 5.69 Å². The Labute approximate surface area is 211 Å². The molecule has 0 radical (unpaired) electrons. The molecule has 0 amide bonds. The predicted octanol–water partition coefficient (Wildman–Crippen LogP) is 8.71. The number of non-ortho nitro benzene ring substituents is 1. The summed E-state index contributed by atoms with van der Waals surface area (Å²) < 4.78 is 27.4. The van der Waals surface area contributed by atoms with Gasteiger partial charge in [0.1, 0.15) is 0 Å². The quantitative estimate of drug-likeness (QED) is 0.190. The van der Waals surface area contributed by atoms with Crippen LogP contribution in [0.2, 0.25) is 0 Å². The van der Waals surface area contributed by atoms with Crippen LogP contribution in [0.15, 0.2) is 30.1 Å². The normalized spacial score (nSPS) is 30.3. The van der Waals surface area contributed by atoms with Crippen LogP contribution in [0.5, 0.6) is 0 Å². The smallest absolute Gasteiger partial charge is 0.302 e. The maximum absolute atomic E-state index is 14.4. The average molecular weight is 506 g/mol. The Morgan fingerprint density at radius 1 is 0.943 bits per heavy atom. The second kappa shape index (κ2) is 12.2. The fourth-order valence-electron chi connectivity index (χ4n) is 5.86. The van der Waals surface area contributed by atoms with Gasteiger partial charge in [-0.05, 0) is 72.8 Å². The molecule has 35 heavy (non-hydrogen) atoms. The lowest BCUT2D eigenvalue weighted by molar-refractivity contribution is -0.384. The highest BCUT2D eigenvalue weighted by Crippen LogP contribution is 2.57. The molecule has 2 aliphatic rings. The third kappa shape index (κ3) is 7.74. The van der Waals surface area contributed by atoms with Gasteiger partial charge in [0.25, 0.3) is 5.69 Å². The van der Waals surface area contributed by atoms with E-state index in [1.54, 1.807) is 24.0 Å². The Morgan fingerprint density at radius 3 is 1.91 bits per heavy atom. The van der Waals surface area contributed by atoms with E-state index in [9.17, 15) is 14.7 Å². The lowest BCUT2D eigenvalue weighted by Gasteiger charge is -2.41. The summed E-state index contributed by atoms with van der Waals surface area (Å²) >= 11 is 0. The highest BCUT2D eigenvalue weighted by Gasteiger charge is 2.41. The Balaban J connectivity index is 1.92. The van der Waals surface area contributed by atoms with E-state index in [0.717, 1.165) is 38.5 Å². The third-order valence-corrected chi connectivity index (χ3v) is 9.66. The molecule has 0 saturated heterocycles. The van der Waals surface area contributed by atoms with E-state index in [1.165, 1.54) is 12.1 Å². The molecule has 3 rings (SSSR count). The molecule has 0 N–H and O–H groups in total. The Hall–Kier alpha value is -1.49. The summed E-state index contributed by atoms with van der Waals surface area (Å²) in [5, 5.41) is 11.2. The summed E-state index contributed by atoms with van der Waals surface area (Å²) in [5.41, 5.74) is 0.618. The molecule has 0 bridgehead atoms. The molecule has 2 saturated carbocycles. The van der Waals surface area contributed by atoms with Crippen molar-refractivity contribution in [1.82, 2.24) is 0 Å². The molecule has 6 nitrogen and oxygen atoms in total. The van der Waals surface area contributed by atoms with Crippen LogP contribution in [0.25, 0.3) is 6.08 Å². The molecular weight excluding hydrogens is 461 g/mol. The molecule has 2 aliphatic carbocycles. The lowest BCUT2D eigenvalue weighted by Crippen LogP contribution is -2.36. The molecule has 0 heterocycles. The average Bonchev–Trinajstić information content (AvgIpc) is 2.77. The van der Waals surface area contributed by atoms with Gasteiger partial charge in [0, 0.05) is 17.9 Å². The van der Waals surface area contributed by atoms with Gasteiger partial charge in [-0.25, -0.2) is 0 Å². The second-order valence-electron chi connectivity index (χ2n) is 11.6. The first-order valence-corrected chi connectivity index (χ1v) is 15.0. The highest BCUT2D eigenvalue weighted by molar-refractivity contribution is 7.57. The maximum Gasteiger partial charge on any atom is 0.354 e. The summed E-state index contributed by atoms with van der Waals surface area (Å²) in [4.78, 5) is 10.8. The largest absolute Gasteiger partial charge is 0.354 e. The van der Waals surface area contributed by atoms with Gasteiger partial charge in [0.15, 0.2) is 0 Å². The van der Waals surface area contributed by atoms with Crippen molar-refractivity contribution >= 4 is 19.4 Å². The topological polar surface area (TPSA) is 78.7 Å². The van der Waals surface area contributed by atoms with Gasteiger partial charge in [-0.3, -0.25) is 14.7 Å². The van der Waals surface area contributed by atoms with Crippen LogP contribution in [0.1, 0.15) is 85.6 Å². The fourth-order valence-corrected chi connectivity index (χ4v) is 7.65. The van der Waals surface area contributed by atoms with Gasteiger partial charge in [-0.2, -0.15) is 0 Å². The number of nitrogens with zero attached hydrogens (tertiary/aromatic N) is 1. The molecule has 196 valence electrons. The summed E-state index contributed by atoms with van der Waals surface area (Å²) in [6.45, 7) is 13.3. The fraction of sp³-hybridized carbons (Fsp3) is 0.714. The first-order chi connectivity index (χ1) is 16.5. The van der Waals surface area contributed by atoms with Crippen molar-refractivity contribution in [3.05, 3.63) is 45.8 Å². The van der Waals surface area contributed by atoms with E-state index in [2.05, 4.69) is 41.5 Å². The van der Waals surface area contributed by atoms with Crippen molar-refractivity contribution in [1.29, 1.82) is 0 Å². The minimum absolute atomic E-state index is 0.00535. The van der Waals surface area contributed by atoms with Gasteiger partial charge >= 0.3 is 7.60 Å². The van der Waals surface area contributed by atoms with Gasteiger partial charge in [-0.15, -0.1) is 0 Å². The molecule has 0 spiro atoms. The standard InChI is InChI=1S/C28H44NO5P/c1-19(2)25-12-10-21(5)16-27(25)33-35(32,15-14-23-8-7-9-24(18-23)29(30)31)34-28-17-22(6)11-13-26(28)20(3)4/h7-9,14-15,18-22,25-28H,10-13,16-17H2,1-6H3/b15-14+/t21-,22-,25+,26+,27-,28-/m1/s1. The van der Waals surface area contributed by atoms with E-state index >= 15 is 0 Å². The van der Waals surface area contributed by atoms with Crippen LogP contribution >= 0.6 is 7.60 Å². The van der Waals surface area contributed by atoms with Crippen LogP contribution in [-0.2, 0) is 13.6 Å². The summed E-state index contributed by atoms with van der Waals surface area (Å²) in [6.07, 6.45) is 7.60. The number of nitro benzene ring substituents is 1. The van der Waals surface area contributed by atoms with E-state index in [0.29, 0.717) is 41.1 Å². The van der Waals surface area contributed by atoms with E-state index in [-0.39, 0.29) is 17.9 Å². The number of rotatable bonds is 9. The number of nitro groups is 1. The third-order valence-electron chi connectivity index (χ3n) is 8.02. The molecule has 6 atom stereocenters. The van der Waals surface area contributed by atoms with E-state index in [1.807, 2.05) is 0 Å². The van der Waals surface area contributed by atoms with Crippen molar-refractivity contribution in [2.45, 2.75) is 92.3 Å². The minimum Gasteiger partial charge on any atom is -0.302 e. The SMILES string of the molecule is CC(C)[C@@H]1CC[C@@H](C)C[C@H]1OP(=O)(/C=C/c1cccc([N+](=O)[O-])c1)O[C@@H]1C[C@H](C)CC[C@H]1C(C)C. The summed E-state index contributed by atoms with van der Waals surface area (Å²) in [7, 11) is -3.62. The molecule has 0 unspecified atom stereocenters. The number of hydrogen-bond donors (Lipinski definition) is 0. The molecule has 1 aromatic carbocycles. The Kier molecular flexibility index (Phi) is 9.76. The van der Waals surface area contributed by atoms with Crippen molar-refractivity contribution < 1.29 is 18.5 Å². The minimum atomic E-state index is -3.62. The van der Waals surface area contributed by atoms with E-state index < -0.39 is 12.5 Å². The Bertz CT molecular complexity index is 892. The van der Waals surface area contributed by atoms with Gasteiger partial charge in [0.05, 0.1) is 17.1 Å². The molecule has 7 heteroatoms. The lowest BCUT2D eigenvalue weighted by atomic mass is 9.75. The number of benzene rings is 1. The maximum atomic E-state index is 14.4. The van der Waals surface area contributed by atoms with Crippen LogP contribution in [0, 0.1) is 45.6 Å². The van der Waals surface area contributed by atoms with Crippen LogP contribution in [0.3, 0.4) is 0 Å². The molecule has 2 fully saturated rings. The molecule has 1 aromatic rings. The van der Waals surface area contributed by atoms with Crippen LogP contribution in [-0.4, -0.2) is 17.1 Å². The summed E-state index contributed by atoms with van der Waals surface area (Å²) in [5.74, 6) is 4.12. The zero-order chi connectivity index (χ0) is 25.8. The van der Waals surface area contributed by atoms with Gasteiger partial charge < -0.3 is 9.05 Å². The van der Waals surface area contributed by atoms with Crippen molar-refractivity contribution in [3.63, 3.8) is 0 Å².